The van der Waals surface area contributed by atoms with Crippen molar-refractivity contribution in [3.63, 3.8) is 0 Å². The van der Waals surface area contributed by atoms with E-state index in [0.717, 1.165) is 28.5 Å². The predicted octanol–water partition coefficient (Wildman–Crippen LogP) is 3.88. The van der Waals surface area contributed by atoms with E-state index >= 15 is 0 Å². The van der Waals surface area contributed by atoms with Crippen molar-refractivity contribution in [3.05, 3.63) is 64.1 Å². The number of aryl methyl sites for hydroxylation is 1. The minimum atomic E-state index is -0.955. The number of nitrogens with zero attached hydrogens (tertiary/aromatic N) is 4. The molecule has 0 aliphatic carbocycles. The van der Waals surface area contributed by atoms with Crippen molar-refractivity contribution < 1.29 is 14.2 Å². The zero-order chi connectivity index (χ0) is 21.0. The summed E-state index contributed by atoms with van der Waals surface area (Å²) >= 11 is 1.53. The highest BCUT2D eigenvalue weighted by molar-refractivity contribution is 7.11. The second-order valence-corrected chi connectivity index (χ2v) is 8.56. The Morgan fingerprint density at radius 2 is 1.97 bits per heavy atom. The van der Waals surface area contributed by atoms with Gasteiger partial charge in [0.05, 0.1) is 12.3 Å². The summed E-state index contributed by atoms with van der Waals surface area (Å²) in [5.74, 6) is 0.590. The maximum atomic E-state index is 13.7. The molecule has 0 radical (unpaired) electrons. The number of halogens is 1. The molecule has 6 nitrogen and oxygen atoms in total. The molecule has 1 aliphatic heterocycles. The molecule has 8 heteroatoms. The Hall–Kier alpha value is -2.58. The van der Waals surface area contributed by atoms with Gasteiger partial charge in [-0.2, -0.15) is 0 Å². The Morgan fingerprint density at radius 3 is 2.77 bits per heavy atom. The minimum Gasteiger partial charge on any atom is -0.490 e. The molecule has 158 valence electrons. The lowest BCUT2D eigenvalue weighted by Gasteiger charge is -2.24. The van der Waals surface area contributed by atoms with Crippen LogP contribution in [-0.2, 0) is 12.0 Å². The molecule has 30 heavy (non-hydrogen) atoms. The fourth-order valence-electron chi connectivity index (χ4n) is 3.66. The predicted molar refractivity (Wildman–Crippen MR) is 114 cm³/mol. The average molecular weight is 429 g/mol. The molecule has 1 fully saturated rings. The monoisotopic (exact) mass is 428 g/mol. The SMILES string of the molecule is Cc1nc([C@]2(O)CCCN(c3ncccn3)CC2)sc1CCOc1ccccc1F. The molecule has 1 aromatic carbocycles. The second-order valence-electron chi connectivity index (χ2n) is 7.48. The lowest BCUT2D eigenvalue weighted by molar-refractivity contribution is 0.0241. The van der Waals surface area contributed by atoms with Gasteiger partial charge in [-0.25, -0.2) is 19.3 Å². The van der Waals surface area contributed by atoms with Crippen LogP contribution in [0.4, 0.5) is 10.3 Å². The number of aliphatic hydroxyl groups is 1. The number of hydrogen-bond donors (Lipinski definition) is 1. The Balaban J connectivity index is 1.41. The third kappa shape index (κ3) is 4.60. The summed E-state index contributed by atoms with van der Waals surface area (Å²) in [6, 6.07) is 8.20. The van der Waals surface area contributed by atoms with Gasteiger partial charge in [0.1, 0.15) is 10.6 Å². The van der Waals surface area contributed by atoms with E-state index in [1.807, 2.05) is 6.92 Å². The number of aromatic nitrogens is 3. The van der Waals surface area contributed by atoms with E-state index in [9.17, 15) is 9.50 Å². The Kier molecular flexibility index (Phi) is 6.24. The molecule has 2 aromatic heterocycles. The molecule has 1 N–H and O–H groups in total. The van der Waals surface area contributed by atoms with E-state index in [-0.39, 0.29) is 11.6 Å². The van der Waals surface area contributed by atoms with Crippen LogP contribution in [0.15, 0.2) is 42.7 Å². The number of benzene rings is 1. The third-order valence-electron chi connectivity index (χ3n) is 5.36. The fraction of sp³-hybridized carbons (Fsp3) is 0.409. The fourth-order valence-corrected chi connectivity index (χ4v) is 4.85. The molecular weight excluding hydrogens is 403 g/mol. The molecule has 0 saturated carbocycles. The molecule has 1 aliphatic rings. The van der Waals surface area contributed by atoms with E-state index in [0.29, 0.717) is 38.4 Å². The summed E-state index contributed by atoms with van der Waals surface area (Å²) in [4.78, 5) is 16.5. The lowest BCUT2D eigenvalue weighted by atomic mass is 9.96. The molecular formula is C22H25FN4O2S. The number of para-hydroxylation sites is 1. The first kappa shape index (κ1) is 20.7. The van der Waals surface area contributed by atoms with Crippen LogP contribution in [0.25, 0.3) is 0 Å². The first-order valence-electron chi connectivity index (χ1n) is 10.1. The van der Waals surface area contributed by atoms with Gasteiger partial charge < -0.3 is 14.7 Å². The first-order chi connectivity index (χ1) is 14.5. The van der Waals surface area contributed by atoms with Crippen LogP contribution in [0.5, 0.6) is 5.75 Å². The van der Waals surface area contributed by atoms with E-state index in [1.54, 1.807) is 36.7 Å². The van der Waals surface area contributed by atoms with Crippen LogP contribution in [0, 0.1) is 12.7 Å². The molecule has 0 spiro atoms. The molecule has 1 atom stereocenters. The molecule has 3 heterocycles. The quantitative estimate of drug-likeness (QED) is 0.643. The number of ether oxygens (including phenoxy) is 1. The van der Waals surface area contributed by atoms with Gasteiger partial charge in [-0.3, -0.25) is 0 Å². The standard InChI is InChI=1S/C22H25FN4O2S/c1-16-19(8-15-29-18-7-3-2-6-17(18)23)30-20(26-16)22(28)9-4-13-27(14-10-22)21-24-11-5-12-25-21/h2-3,5-7,11-12,28H,4,8-10,13-15H2,1H3/t22-/m0/s1. The average Bonchev–Trinajstić information content (AvgIpc) is 3.01. The molecule has 0 unspecified atom stereocenters. The van der Waals surface area contributed by atoms with Crippen molar-refractivity contribution in [1.82, 2.24) is 15.0 Å². The summed E-state index contributed by atoms with van der Waals surface area (Å²) in [7, 11) is 0. The smallest absolute Gasteiger partial charge is 0.225 e. The largest absolute Gasteiger partial charge is 0.490 e. The van der Waals surface area contributed by atoms with Gasteiger partial charge in [-0.15, -0.1) is 11.3 Å². The first-order valence-corrected chi connectivity index (χ1v) is 11.0. The number of anilines is 1. The minimum absolute atomic E-state index is 0.255. The van der Waals surface area contributed by atoms with Crippen molar-refractivity contribution in [2.45, 2.75) is 38.2 Å². The number of thiazole rings is 1. The van der Waals surface area contributed by atoms with E-state index in [2.05, 4.69) is 19.9 Å². The van der Waals surface area contributed by atoms with Crippen molar-refractivity contribution in [3.8, 4) is 5.75 Å². The Labute approximate surface area is 179 Å². The molecule has 0 amide bonds. The van der Waals surface area contributed by atoms with E-state index in [1.165, 1.54) is 17.4 Å². The van der Waals surface area contributed by atoms with Gasteiger partial charge in [0.2, 0.25) is 5.95 Å². The summed E-state index contributed by atoms with van der Waals surface area (Å²) in [5, 5.41) is 12.1. The van der Waals surface area contributed by atoms with Crippen LogP contribution < -0.4 is 9.64 Å². The van der Waals surface area contributed by atoms with Gasteiger partial charge in [0.15, 0.2) is 11.6 Å². The van der Waals surface area contributed by atoms with Crippen LogP contribution in [-0.4, -0.2) is 39.8 Å². The van der Waals surface area contributed by atoms with Gasteiger partial charge in [0, 0.05) is 43.2 Å². The number of hydrogen-bond acceptors (Lipinski definition) is 7. The second kappa shape index (κ2) is 9.06. The summed E-state index contributed by atoms with van der Waals surface area (Å²) in [6.07, 6.45) is 6.15. The van der Waals surface area contributed by atoms with Crippen molar-refractivity contribution in [1.29, 1.82) is 0 Å². The van der Waals surface area contributed by atoms with Gasteiger partial charge in [-0.05, 0) is 38.0 Å². The van der Waals surface area contributed by atoms with Crippen LogP contribution >= 0.6 is 11.3 Å². The normalized spacial score (nSPS) is 19.5. The highest BCUT2D eigenvalue weighted by Gasteiger charge is 2.35. The zero-order valence-corrected chi connectivity index (χ0v) is 17.7. The van der Waals surface area contributed by atoms with E-state index < -0.39 is 5.60 Å². The maximum absolute atomic E-state index is 13.7. The molecule has 0 bridgehead atoms. The van der Waals surface area contributed by atoms with Crippen LogP contribution in [0.1, 0.15) is 34.8 Å². The molecule has 1 saturated heterocycles. The van der Waals surface area contributed by atoms with Crippen molar-refractivity contribution in [2.75, 3.05) is 24.6 Å². The number of rotatable bonds is 6. The highest BCUT2D eigenvalue weighted by Crippen LogP contribution is 2.37. The summed E-state index contributed by atoms with van der Waals surface area (Å²) in [5.41, 5.74) is -0.0584. The van der Waals surface area contributed by atoms with E-state index in [4.69, 9.17) is 4.74 Å². The topological polar surface area (TPSA) is 71.4 Å². The third-order valence-corrected chi connectivity index (χ3v) is 6.77. The van der Waals surface area contributed by atoms with Crippen molar-refractivity contribution >= 4 is 17.3 Å². The Bertz CT molecular complexity index is 984. The Morgan fingerprint density at radius 1 is 1.17 bits per heavy atom. The molecule has 3 aromatic rings. The van der Waals surface area contributed by atoms with Gasteiger partial charge in [0.25, 0.3) is 0 Å². The molecule has 4 rings (SSSR count). The van der Waals surface area contributed by atoms with Crippen LogP contribution in [0.2, 0.25) is 0 Å². The van der Waals surface area contributed by atoms with Crippen LogP contribution in [0.3, 0.4) is 0 Å². The summed E-state index contributed by atoms with van der Waals surface area (Å²) < 4.78 is 19.3. The van der Waals surface area contributed by atoms with Gasteiger partial charge >= 0.3 is 0 Å². The van der Waals surface area contributed by atoms with Gasteiger partial charge in [-0.1, -0.05) is 12.1 Å². The lowest BCUT2D eigenvalue weighted by Crippen LogP contribution is -2.30. The zero-order valence-electron chi connectivity index (χ0n) is 16.9. The highest BCUT2D eigenvalue weighted by atomic mass is 32.1. The summed E-state index contributed by atoms with van der Waals surface area (Å²) in [6.45, 7) is 3.79. The van der Waals surface area contributed by atoms with Crippen molar-refractivity contribution in [2.24, 2.45) is 0 Å². The maximum Gasteiger partial charge on any atom is 0.225 e.